The molecule has 3 rings (SSSR count). The fraction of sp³-hybridized carbons (Fsp3) is 0.267. The molecule has 1 atom stereocenters. The molecule has 0 spiro atoms. The van der Waals surface area contributed by atoms with Crippen LogP contribution in [-0.4, -0.2) is 20.7 Å². The molecule has 1 unspecified atom stereocenters. The van der Waals surface area contributed by atoms with Crippen molar-refractivity contribution in [2.24, 2.45) is 5.92 Å². The number of anilines is 1. The van der Waals surface area contributed by atoms with E-state index in [1.54, 1.807) is 10.9 Å². The summed E-state index contributed by atoms with van der Waals surface area (Å²) in [7, 11) is 0. The molecular formula is C15H15BrN4OS. The number of halogens is 1. The van der Waals surface area contributed by atoms with E-state index in [1.165, 1.54) is 16.9 Å². The zero-order valence-electron chi connectivity index (χ0n) is 12.2. The molecule has 2 heterocycles. The summed E-state index contributed by atoms with van der Waals surface area (Å²) < 4.78 is 3.73. The second kappa shape index (κ2) is 6.18. The van der Waals surface area contributed by atoms with E-state index in [0.29, 0.717) is 11.7 Å². The molecule has 114 valence electrons. The standard InChI is InChI=1S/C15H15BrN4OS/c1-9-3-4-12-13(5-9)22-15(18-12)19-14(21)10(2)7-20-8-11(16)6-17-20/h3-6,8,10H,7H2,1-2H3,(H,18,19,21). The summed E-state index contributed by atoms with van der Waals surface area (Å²) in [5.41, 5.74) is 2.10. The summed E-state index contributed by atoms with van der Waals surface area (Å²) in [5, 5.41) is 7.70. The number of benzene rings is 1. The normalized spacial score (nSPS) is 12.5. The number of fused-ring (bicyclic) bond motifs is 1. The lowest BCUT2D eigenvalue weighted by Crippen LogP contribution is -2.24. The Labute approximate surface area is 140 Å². The number of carbonyl (C=O) groups is 1. The second-order valence-corrected chi connectivity index (χ2v) is 7.21. The maximum absolute atomic E-state index is 12.3. The fourth-order valence-corrected chi connectivity index (χ4v) is 3.41. The molecule has 0 saturated carbocycles. The first kappa shape index (κ1) is 15.2. The van der Waals surface area contributed by atoms with Crippen LogP contribution in [0.2, 0.25) is 0 Å². The van der Waals surface area contributed by atoms with Gasteiger partial charge in [0, 0.05) is 6.20 Å². The average molecular weight is 379 g/mol. The van der Waals surface area contributed by atoms with Gasteiger partial charge in [0.15, 0.2) is 5.13 Å². The molecule has 1 aromatic carbocycles. The van der Waals surface area contributed by atoms with Crippen molar-refractivity contribution in [3.05, 3.63) is 40.6 Å². The Morgan fingerprint density at radius 1 is 1.50 bits per heavy atom. The van der Waals surface area contributed by atoms with Gasteiger partial charge in [-0.1, -0.05) is 24.3 Å². The number of thiazole rings is 1. The van der Waals surface area contributed by atoms with E-state index >= 15 is 0 Å². The van der Waals surface area contributed by atoms with Crippen molar-refractivity contribution >= 4 is 48.5 Å². The fourth-order valence-electron chi connectivity index (χ4n) is 2.12. The minimum absolute atomic E-state index is 0.0533. The minimum Gasteiger partial charge on any atom is -0.302 e. The predicted octanol–water partition coefficient (Wildman–Crippen LogP) is 3.84. The van der Waals surface area contributed by atoms with E-state index in [1.807, 2.05) is 32.2 Å². The molecule has 0 aliphatic rings. The highest BCUT2D eigenvalue weighted by atomic mass is 79.9. The molecular weight excluding hydrogens is 364 g/mol. The van der Waals surface area contributed by atoms with Gasteiger partial charge in [-0.05, 0) is 40.5 Å². The molecule has 2 aromatic heterocycles. The molecule has 0 saturated heterocycles. The van der Waals surface area contributed by atoms with E-state index in [0.717, 1.165) is 14.7 Å². The van der Waals surface area contributed by atoms with Crippen molar-refractivity contribution in [1.29, 1.82) is 0 Å². The van der Waals surface area contributed by atoms with Crippen molar-refractivity contribution in [2.75, 3.05) is 5.32 Å². The monoisotopic (exact) mass is 378 g/mol. The van der Waals surface area contributed by atoms with Crippen molar-refractivity contribution in [3.63, 3.8) is 0 Å². The van der Waals surface area contributed by atoms with Crippen LogP contribution in [0.4, 0.5) is 5.13 Å². The van der Waals surface area contributed by atoms with Crippen molar-refractivity contribution < 1.29 is 4.79 Å². The first-order chi connectivity index (χ1) is 10.5. The van der Waals surface area contributed by atoms with Gasteiger partial charge < -0.3 is 5.32 Å². The maximum atomic E-state index is 12.3. The number of hydrogen-bond acceptors (Lipinski definition) is 4. The molecule has 1 amide bonds. The van der Waals surface area contributed by atoms with Gasteiger partial charge in [-0.15, -0.1) is 0 Å². The lowest BCUT2D eigenvalue weighted by Gasteiger charge is -2.10. The Bertz CT molecular complexity index is 826. The summed E-state index contributed by atoms with van der Waals surface area (Å²) in [5.74, 6) is -0.247. The van der Waals surface area contributed by atoms with Crippen LogP contribution < -0.4 is 5.32 Å². The van der Waals surface area contributed by atoms with Crippen LogP contribution in [0.5, 0.6) is 0 Å². The summed E-state index contributed by atoms with van der Waals surface area (Å²) in [4.78, 5) is 16.7. The molecule has 3 aromatic rings. The van der Waals surface area contributed by atoms with E-state index in [2.05, 4.69) is 37.4 Å². The van der Waals surface area contributed by atoms with Crippen LogP contribution in [0.1, 0.15) is 12.5 Å². The quantitative estimate of drug-likeness (QED) is 0.749. The van der Waals surface area contributed by atoms with E-state index in [-0.39, 0.29) is 11.8 Å². The number of carbonyl (C=O) groups excluding carboxylic acids is 1. The number of nitrogens with zero attached hydrogens (tertiary/aromatic N) is 3. The lowest BCUT2D eigenvalue weighted by molar-refractivity contribution is -0.119. The minimum atomic E-state index is -0.194. The molecule has 7 heteroatoms. The molecule has 0 aliphatic heterocycles. The maximum Gasteiger partial charge on any atom is 0.230 e. The molecule has 5 nitrogen and oxygen atoms in total. The largest absolute Gasteiger partial charge is 0.302 e. The van der Waals surface area contributed by atoms with Gasteiger partial charge >= 0.3 is 0 Å². The van der Waals surface area contributed by atoms with Crippen molar-refractivity contribution in [2.45, 2.75) is 20.4 Å². The number of aryl methyl sites for hydroxylation is 1. The Kier molecular flexibility index (Phi) is 4.26. The van der Waals surface area contributed by atoms with Crippen LogP contribution in [0, 0.1) is 12.8 Å². The summed E-state index contributed by atoms with van der Waals surface area (Å²) in [6, 6.07) is 6.07. The van der Waals surface area contributed by atoms with Crippen LogP contribution >= 0.6 is 27.3 Å². The van der Waals surface area contributed by atoms with Gasteiger partial charge in [-0.25, -0.2) is 4.98 Å². The van der Waals surface area contributed by atoms with Gasteiger partial charge in [-0.3, -0.25) is 9.48 Å². The van der Waals surface area contributed by atoms with Gasteiger partial charge in [0.2, 0.25) is 5.91 Å². The van der Waals surface area contributed by atoms with Crippen LogP contribution in [0.15, 0.2) is 35.1 Å². The highest BCUT2D eigenvalue weighted by Crippen LogP contribution is 2.27. The third kappa shape index (κ3) is 3.36. The predicted molar refractivity (Wildman–Crippen MR) is 92.1 cm³/mol. The molecule has 0 fully saturated rings. The highest BCUT2D eigenvalue weighted by Gasteiger charge is 2.16. The zero-order valence-corrected chi connectivity index (χ0v) is 14.6. The summed E-state index contributed by atoms with van der Waals surface area (Å²) >= 11 is 4.84. The first-order valence-electron chi connectivity index (χ1n) is 6.87. The number of amides is 1. The third-order valence-electron chi connectivity index (χ3n) is 3.28. The lowest BCUT2D eigenvalue weighted by atomic mass is 10.2. The number of aromatic nitrogens is 3. The topological polar surface area (TPSA) is 59.8 Å². The Balaban J connectivity index is 1.69. The molecule has 0 radical (unpaired) electrons. The van der Waals surface area contributed by atoms with Crippen LogP contribution in [0.3, 0.4) is 0 Å². The third-order valence-corrected chi connectivity index (χ3v) is 4.63. The van der Waals surface area contributed by atoms with Crippen LogP contribution in [-0.2, 0) is 11.3 Å². The average Bonchev–Trinajstić information content (AvgIpc) is 3.04. The Morgan fingerprint density at radius 2 is 2.32 bits per heavy atom. The van der Waals surface area contributed by atoms with Gasteiger partial charge in [0.05, 0.1) is 33.3 Å². The molecule has 22 heavy (non-hydrogen) atoms. The second-order valence-electron chi connectivity index (χ2n) is 5.26. The number of rotatable bonds is 4. The SMILES string of the molecule is Cc1ccc2nc(NC(=O)C(C)Cn3cc(Br)cn3)sc2c1. The van der Waals surface area contributed by atoms with Crippen molar-refractivity contribution in [1.82, 2.24) is 14.8 Å². The van der Waals surface area contributed by atoms with E-state index in [4.69, 9.17) is 0 Å². The molecule has 0 aliphatic carbocycles. The first-order valence-corrected chi connectivity index (χ1v) is 8.48. The number of nitrogens with one attached hydrogen (secondary N) is 1. The van der Waals surface area contributed by atoms with Gasteiger partial charge in [-0.2, -0.15) is 5.10 Å². The van der Waals surface area contributed by atoms with Crippen LogP contribution in [0.25, 0.3) is 10.2 Å². The molecule has 1 N–H and O–H groups in total. The Morgan fingerprint density at radius 3 is 3.05 bits per heavy atom. The molecule has 0 bridgehead atoms. The van der Waals surface area contributed by atoms with E-state index in [9.17, 15) is 4.79 Å². The zero-order chi connectivity index (χ0) is 15.7. The highest BCUT2D eigenvalue weighted by molar-refractivity contribution is 9.10. The van der Waals surface area contributed by atoms with Gasteiger partial charge in [0.1, 0.15) is 0 Å². The van der Waals surface area contributed by atoms with E-state index < -0.39 is 0 Å². The Hall–Kier alpha value is -1.73. The summed E-state index contributed by atoms with van der Waals surface area (Å²) in [6.45, 7) is 4.45. The summed E-state index contributed by atoms with van der Waals surface area (Å²) in [6.07, 6.45) is 3.56. The smallest absolute Gasteiger partial charge is 0.230 e. The van der Waals surface area contributed by atoms with Crippen molar-refractivity contribution in [3.8, 4) is 0 Å². The number of hydrogen-bond donors (Lipinski definition) is 1. The van der Waals surface area contributed by atoms with Gasteiger partial charge in [0.25, 0.3) is 0 Å².